The van der Waals surface area contributed by atoms with E-state index in [0.29, 0.717) is 13.0 Å². The van der Waals surface area contributed by atoms with Gasteiger partial charge in [-0.2, -0.15) is 0 Å². The quantitative estimate of drug-likeness (QED) is 0.760. The summed E-state index contributed by atoms with van der Waals surface area (Å²) in [6, 6.07) is 4.93. The smallest absolute Gasteiger partial charge is 0.320 e. The van der Waals surface area contributed by atoms with Crippen molar-refractivity contribution in [3.05, 3.63) is 29.3 Å². The minimum absolute atomic E-state index is 0.339. The van der Waals surface area contributed by atoms with Crippen LogP contribution >= 0.6 is 0 Å². The van der Waals surface area contributed by atoms with Crippen LogP contribution in [0.4, 0.5) is 0 Å². The predicted octanol–water partition coefficient (Wildman–Crippen LogP) is 0.576. The minimum atomic E-state index is -0.976. The number of carbonyl (C=O) groups is 1. The maximum absolute atomic E-state index is 10.6. The molecule has 0 aromatic heterocycles. The molecule has 1 aromatic carbocycles. The molecule has 0 bridgehead atoms. The summed E-state index contributed by atoms with van der Waals surface area (Å²) in [6.07, 6.45) is 1.27. The Morgan fingerprint density at radius 2 is 2.40 bits per heavy atom. The Bertz CT molecular complexity index is 389. The molecule has 1 heterocycles. The van der Waals surface area contributed by atoms with Crippen molar-refractivity contribution in [3.8, 4) is 5.75 Å². The van der Waals surface area contributed by atoms with Crippen molar-refractivity contribution in [2.24, 2.45) is 5.73 Å². The third-order valence-electron chi connectivity index (χ3n) is 2.53. The number of hydrogen-bond acceptors (Lipinski definition) is 3. The van der Waals surface area contributed by atoms with Gasteiger partial charge in [0.15, 0.2) is 0 Å². The number of carboxylic acid groups (broad SMARTS) is 1. The van der Waals surface area contributed by atoms with Crippen LogP contribution in [0.5, 0.6) is 5.75 Å². The highest BCUT2D eigenvalue weighted by Crippen LogP contribution is 2.26. The standard InChI is InChI=1S/C11H13NO3/c12-9(11(13)14)5-7-1-2-8-3-4-15-10(8)6-7/h1-2,6,9H,3-5,12H2,(H,13,14). The number of carboxylic acids is 1. The molecule has 0 aliphatic carbocycles. The first-order valence-electron chi connectivity index (χ1n) is 4.90. The van der Waals surface area contributed by atoms with Crippen LogP contribution in [0, 0.1) is 0 Å². The molecule has 3 N–H and O–H groups in total. The van der Waals surface area contributed by atoms with Gasteiger partial charge in [0.05, 0.1) is 6.61 Å². The van der Waals surface area contributed by atoms with E-state index in [1.54, 1.807) is 0 Å². The van der Waals surface area contributed by atoms with Crippen molar-refractivity contribution >= 4 is 5.97 Å². The molecule has 4 nitrogen and oxygen atoms in total. The summed E-state index contributed by atoms with van der Waals surface area (Å²) in [5, 5.41) is 8.68. The lowest BCUT2D eigenvalue weighted by atomic mass is 10.0. The summed E-state index contributed by atoms with van der Waals surface area (Å²) >= 11 is 0. The topological polar surface area (TPSA) is 72.5 Å². The van der Waals surface area contributed by atoms with Crippen molar-refractivity contribution in [3.63, 3.8) is 0 Å². The van der Waals surface area contributed by atoms with Gasteiger partial charge < -0.3 is 15.6 Å². The largest absolute Gasteiger partial charge is 0.493 e. The average Bonchev–Trinajstić information content (AvgIpc) is 2.64. The van der Waals surface area contributed by atoms with Gasteiger partial charge in [-0.15, -0.1) is 0 Å². The summed E-state index contributed by atoms with van der Waals surface area (Å²) in [5.41, 5.74) is 7.54. The molecule has 0 saturated heterocycles. The molecule has 2 rings (SSSR count). The number of benzene rings is 1. The van der Waals surface area contributed by atoms with Gasteiger partial charge >= 0.3 is 5.97 Å². The van der Waals surface area contributed by atoms with Gasteiger partial charge in [0, 0.05) is 6.42 Å². The highest BCUT2D eigenvalue weighted by atomic mass is 16.5. The average molecular weight is 207 g/mol. The number of hydrogen-bond donors (Lipinski definition) is 2. The van der Waals surface area contributed by atoms with Crippen LogP contribution in [0.3, 0.4) is 0 Å². The molecule has 0 radical (unpaired) electrons. The van der Waals surface area contributed by atoms with E-state index in [4.69, 9.17) is 15.6 Å². The molecule has 1 aliphatic rings. The monoisotopic (exact) mass is 207 g/mol. The van der Waals surface area contributed by atoms with Crippen LogP contribution in [0.15, 0.2) is 18.2 Å². The molecule has 0 fully saturated rings. The Morgan fingerprint density at radius 1 is 1.60 bits per heavy atom. The first-order chi connectivity index (χ1) is 7.16. The molecule has 0 amide bonds. The fourth-order valence-electron chi connectivity index (χ4n) is 1.68. The van der Waals surface area contributed by atoms with Gasteiger partial charge in [0.25, 0.3) is 0 Å². The van der Waals surface area contributed by atoms with Crippen LogP contribution in [-0.2, 0) is 17.6 Å². The Morgan fingerprint density at radius 3 is 3.13 bits per heavy atom. The molecule has 0 saturated carbocycles. The van der Waals surface area contributed by atoms with E-state index >= 15 is 0 Å². The zero-order valence-corrected chi connectivity index (χ0v) is 8.27. The molecule has 0 spiro atoms. The maximum atomic E-state index is 10.6. The van der Waals surface area contributed by atoms with Gasteiger partial charge in [0.2, 0.25) is 0 Å². The Balaban J connectivity index is 2.13. The predicted molar refractivity (Wildman–Crippen MR) is 55.0 cm³/mol. The van der Waals surface area contributed by atoms with Crippen LogP contribution in [0.25, 0.3) is 0 Å². The third-order valence-corrected chi connectivity index (χ3v) is 2.53. The Labute approximate surface area is 87.7 Å². The lowest BCUT2D eigenvalue weighted by Gasteiger charge is -2.07. The molecule has 80 valence electrons. The van der Waals surface area contributed by atoms with E-state index in [1.807, 2.05) is 18.2 Å². The van der Waals surface area contributed by atoms with E-state index in [1.165, 1.54) is 5.56 Å². The first kappa shape index (κ1) is 9.98. The fourth-order valence-corrected chi connectivity index (χ4v) is 1.68. The molecule has 1 aromatic rings. The van der Waals surface area contributed by atoms with Gasteiger partial charge in [-0.3, -0.25) is 4.79 Å². The van der Waals surface area contributed by atoms with E-state index in [0.717, 1.165) is 17.7 Å². The SMILES string of the molecule is NC(Cc1ccc2c(c1)OCC2)C(=O)O. The fraction of sp³-hybridized carbons (Fsp3) is 0.364. The van der Waals surface area contributed by atoms with Crippen LogP contribution < -0.4 is 10.5 Å². The van der Waals surface area contributed by atoms with Crippen molar-refractivity contribution in [1.29, 1.82) is 0 Å². The highest BCUT2D eigenvalue weighted by Gasteiger charge is 2.15. The second kappa shape index (κ2) is 3.90. The molecular weight excluding hydrogens is 194 g/mol. The number of fused-ring (bicyclic) bond motifs is 1. The molecule has 1 aliphatic heterocycles. The highest BCUT2D eigenvalue weighted by molar-refractivity contribution is 5.73. The van der Waals surface area contributed by atoms with Crippen LogP contribution in [0.1, 0.15) is 11.1 Å². The number of nitrogens with two attached hydrogens (primary N) is 1. The Hall–Kier alpha value is -1.55. The summed E-state index contributed by atoms with van der Waals surface area (Å²) in [6.45, 7) is 0.712. The summed E-state index contributed by atoms with van der Waals surface area (Å²) in [7, 11) is 0. The van der Waals surface area contributed by atoms with Crippen LogP contribution in [-0.4, -0.2) is 23.7 Å². The zero-order chi connectivity index (χ0) is 10.8. The first-order valence-corrected chi connectivity index (χ1v) is 4.90. The lowest BCUT2D eigenvalue weighted by Crippen LogP contribution is -2.32. The van der Waals surface area contributed by atoms with Crippen molar-refractivity contribution in [2.45, 2.75) is 18.9 Å². The Kier molecular flexibility index (Phi) is 2.60. The third kappa shape index (κ3) is 2.10. The zero-order valence-electron chi connectivity index (χ0n) is 8.27. The van der Waals surface area contributed by atoms with Gasteiger partial charge in [0.1, 0.15) is 11.8 Å². The normalized spacial score (nSPS) is 15.5. The minimum Gasteiger partial charge on any atom is -0.493 e. The summed E-state index contributed by atoms with van der Waals surface area (Å²) in [5.74, 6) is -0.110. The van der Waals surface area contributed by atoms with E-state index in [-0.39, 0.29) is 0 Å². The molecule has 15 heavy (non-hydrogen) atoms. The number of ether oxygens (including phenoxy) is 1. The van der Waals surface area contributed by atoms with E-state index < -0.39 is 12.0 Å². The molecule has 4 heteroatoms. The second-order valence-corrected chi connectivity index (χ2v) is 3.69. The van der Waals surface area contributed by atoms with Crippen molar-refractivity contribution < 1.29 is 14.6 Å². The van der Waals surface area contributed by atoms with Gasteiger partial charge in [-0.1, -0.05) is 12.1 Å². The summed E-state index contributed by atoms with van der Waals surface area (Å²) in [4.78, 5) is 10.6. The summed E-state index contributed by atoms with van der Waals surface area (Å²) < 4.78 is 5.39. The molecule has 1 atom stereocenters. The van der Waals surface area contributed by atoms with Crippen molar-refractivity contribution in [1.82, 2.24) is 0 Å². The lowest BCUT2D eigenvalue weighted by molar-refractivity contribution is -0.138. The molecular formula is C11H13NO3. The van der Waals surface area contributed by atoms with Crippen molar-refractivity contribution in [2.75, 3.05) is 6.61 Å². The van der Waals surface area contributed by atoms with E-state index in [9.17, 15) is 4.79 Å². The van der Waals surface area contributed by atoms with Crippen LogP contribution in [0.2, 0.25) is 0 Å². The number of aliphatic carboxylic acids is 1. The number of rotatable bonds is 3. The van der Waals surface area contributed by atoms with Gasteiger partial charge in [-0.05, 0) is 23.6 Å². The molecule has 1 unspecified atom stereocenters. The van der Waals surface area contributed by atoms with E-state index in [2.05, 4.69) is 0 Å². The van der Waals surface area contributed by atoms with Gasteiger partial charge in [-0.25, -0.2) is 0 Å². The second-order valence-electron chi connectivity index (χ2n) is 3.69. The maximum Gasteiger partial charge on any atom is 0.320 e.